The maximum atomic E-state index is 12.5. The van der Waals surface area contributed by atoms with Gasteiger partial charge in [-0.1, -0.05) is 37.5 Å². The monoisotopic (exact) mass is 285 g/mol. The molecule has 4 heteroatoms. The number of aromatic nitrogens is 1. The molecule has 1 aliphatic rings. The molecule has 1 fully saturated rings. The van der Waals surface area contributed by atoms with Gasteiger partial charge in [0, 0.05) is 24.8 Å². The van der Waals surface area contributed by atoms with Gasteiger partial charge in [0.1, 0.15) is 5.69 Å². The zero-order valence-corrected chi connectivity index (χ0v) is 12.6. The standard InChI is InChI=1S/C17H23N3O/c1-20(15-8-4-2-3-5-9-15)17(21)16-11-10-14(13-19-16)7-6-12-18/h10-11,13,15H,2-5,8-9,12,18H2,1H3. The molecule has 0 bridgehead atoms. The van der Waals surface area contributed by atoms with E-state index in [2.05, 4.69) is 16.8 Å². The molecule has 0 radical (unpaired) electrons. The number of nitrogens with zero attached hydrogens (tertiary/aromatic N) is 2. The molecule has 0 atom stereocenters. The first-order valence-corrected chi connectivity index (χ1v) is 7.64. The van der Waals surface area contributed by atoms with Crippen LogP contribution in [0.3, 0.4) is 0 Å². The van der Waals surface area contributed by atoms with Gasteiger partial charge < -0.3 is 10.6 Å². The third-order valence-corrected chi connectivity index (χ3v) is 4.01. The molecular weight excluding hydrogens is 262 g/mol. The van der Waals surface area contributed by atoms with E-state index in [1.165, 1.54) is 25.7 Å². The maximum absolute atomic E-state index is 12.5. The molecule has 112 valence electrons. The summed E-state index contributed by atoms with van der Waals surface area (Å²) < 4.78 is 0. The molecule has 1 heterocycles. The third-order valence-electron chi connectivity index (χ3n) is 4.01. The lowest BCUT2D eigenvalue weighted by atomic mass is 10.1. The van der Waals surface area contributed by atoms with E-state index in [4.69, 9.17) is 5.73 Å². The fraction of sp³-hybridized carbons (Fsp3) is 0.529. The van der Waals surface area contributed by atoms with Crippen molar-refractivity contribution in [2.45, 2.75) is 44.6 Å². The van der Waals surface area contributed by atoms with Crippen LogP contribution in [0.1, 0.15) is 54.6 Å². The Bertz CT molecular complexity index is 519. The SMILES string of the molecule is CN(C(=O)c1ccc(C#CCN)cn1)C1CCCCCC1. The van der Waals surface area contributed by atoms with Crippen molar-refractivity contribution in [2.24, 2.45) is 5.73 Å². The molecule has 4 nitrogen and oxygen atoms in total. The van der Waals surface area contributed by atoms with Gasteiger partial charge in [-0.25, -0.2) is 4.98 Å². The highest BCUT2D eigenvalue weighted by Crippen LogP contribution is 2.22. The molecular formula is C17H23N3O. The zero-order chi connectivity index (χ0) is 15.1. The molecule has 0 unspecified atom stereocenters. The van der Waals surface area contributed by atoms with Crippen LogP contribution in [-0.2, 0) is 0 Å². The van der Waals surface area contributed by atoms with E-state index in [1.807, 2.05) is 18.0 Å². The smallest absolute Gasteiger partial charge is 0.272 e. The van der Waals surface area contributed by atoms with Crippen molar-refractivity contribution in [1.82, 2.24) is 9.88 Å². The third kappa shape index (κ3) is 4.30. The summed E-state index contributed by atoms with van der Waals surface area (Å²) in [6.07, 6.45) is 8.82. The second-order valence-electron chi connectivity index (χ2n) is 5.50. The molecule has 1 aliphatic carbocycles. The molecule has 0 aliphatic heterocycles. The molecule has 0 aromatic carbocycles. The highest BCUT2D eigenvalue weighted by molar-refractivity contribution is 5.92. The molecule has 0 saturated heterocycles. The highest BCUT2D eigenvalue weighted by Gasteiger charge is 2.22. The minimum Gasteiger partial charge on any atom is -0.337 e. The second-order valence-corrected chi connectivity index (χ2v) is 5.50. The number of hydrogen-bond acceptors (Lipinski definition) is 3. The van der Waals surface area contributed by atoms with Gasteiger partial charge in [-0.3, -0.25) is 4.79 Å². The summed E-state index contributed by atoms with van der Waals surface area (Å²) in [5.74, 6) is 5.69. The van der Waals surface area contributed by atoms with Crippen LogP contribution in [0.15, 0.2) is 18.3 Å². The van der Waals surface area contributed by atoms with E-state index >= 15 is 0 Å². The Morgan fingerprint density at radius 1 is 1.33 bits per heavy atom. The summed E-state index contributed by atoms with van der Waals surface area (Å²) in [6, 6.07) is 3.92. The van der Waals surface area contributed by atoms with E-state index in [9.17, 15) is 4.79 Å². The van der Waals surface area contributed by atoms with Crippen LogP contribution < -0.4 is 5.73 Å². The quantitative estimate of drug-likeness (QED) is 0.669. The van der Waals surface area contributed by atoms with Gasteiger partial charge in [0.05, 0.1) is 6.54 Å². The maximum Gasteiger partial charge on any atom is 0.272 e. The summed E-state index contributed by atoms with van der Waals surface area (Å²) in [4.78, 5) is 18.6. The van der Waals surface area contributed by atoms with Crippen LogP contribution in [0, 0.1) is 11.8 Å². The molecule has 0 spiro atoms. The van der Waals surface area contributed by atoms with E-state index in [1.54, 1.807) is 12.3 Å². The number of hydrogen-bond donors (Lipinski definition) is 1. The number of amides is 1. The summed E-state index contributed by atoms with van der Waals surface area (Å²) in [5.41, 5.74) is 6.61. The lowest BCUT2D eigenvalue weighted by Gasteiger charge is -2.26. The number of carbonyl (C=O) groups excluding carboxylic acids is 1. The minimum atomic E-state index is 0.000217. The predicted octanol–water partition coefficient (Wildman–Crippen LogP) is 2.19. The van der Waals surface area contributed by atoms with Crippen molar-refractivity contribution in [3.63, 3.8) is 0 Å². The second kappa shape index (κ2) is 7.80. The lowest BCUT2D eigenvalue weighted by molar-refractivity contribution is 0.0712. The number of pyridine rings is 1. The van der Waals surface area contributed by atoms with Crippen LogP contribution in [0.2, 0.25) is 0 Å². The van der Waals surface area contributed by atoms with E-state index < -0.39 is 0 Å². The number of carbonyl (C=O) groups is 1. The molecule has 1 aromatic rings. The van der Waals surface area contributed by atoms with Gasteiger partial charge in [0.25, 0.3) is 5.91 Å². The molecule has 2 N–H and O–H groups in total. The van der Waals surface area contributed by atoms with Gasteiger partial charge >= 0.3 is 0 Å². The van der Waals surface area contributed by atoms with Crippen molar-refractivity contribution in [3.8, 4) is 11.8 Å². The van der Waals surface area contributed by atoms with Crippen molar-refractivity contribution < 1.29 is 4.79 Å². The van der Waals surface area contributed by atoms with Gasteiger partial charge in [0.15, 0.2) is 0 Å². The summed E-state index contributed by atoms with van der Waals surface area (Å²) in [7, 11) is 1.89. The van der Waals surface area contributed by atoms with Crippen LogP contribution in [0.25, 0.3) is 0 Å². The van der Waals surface area contributed by atoms with Gasteiger partial charge in [-0.2, -0.15) is 0 Å². The Hall–Kier alpha value is -1.86. The summed E-state index contributed by atoms with van der Waals surface area (Å²) >= 11 is 0. The average Bonchev–Trinajstić information content (AvgIpc) is 2.81. The van der Waals surface area contributed by atoms with Crippen LogP contribution in [-0.4, -0.2) is 35.4 Å². The molecule has 1 aromatic heterocycles. The van der Waals surface area contributed by atoms with Crippen LogP contribution >= 0.6 is 0 Å². The molecule has 21 heavy (non-hydrogen) atoms. The lowest BCUT2D eigenvalue weighted by Crippen LogP contribution is -2.37. The first-order valence-electron chi connectivity index (χ1n) is 7.64. The Labute approximate surface area is 126 Å². The van der Waals surface area contributed by atoms with E-state index in [-0.39, 0.29) is 5.91 Å². The minimum absolute atomic E-state index is 0.000217. The fourth-order valence-corrected chi connectivity index (χ4v) is 2.74. The summed E-state index contributed by atoms with van der Waals surface area (Å²) in [5, 5.41) is 0. The molecule has 1 amide bonds. The number of rotatable bonds is 2. The Balaban J connectivity index is 2.04. The number of nitrogens with two attached hydrogens (primary N) is 1. The normalized spacial score (nSPS) is 15.7. The average molecular weight is 285 g/mol. The predicted molar refractivity (Wildman–Crippen MR) is 83.8 cm³/mol. The topological polar surface area (TPSA) is 59.2 Å². The Kier molecular flexibility index (Phi) is 5.77. The van der Waals surface area contributed by atoms with Crippen LogP contribution in [0.5, 0.6) is 0 Å². The van der Waals surface area contributed by atoms with Crippen molar-refractivity contribution in [3.05, 3.63) is 29.6 Å². The summed E-state index contributed by atoms with van der Waals surface area (Å²) in [6.45, 7) is 0.325. The molecule has 2 rings (SSSR count). The van der Waals surface area contributed by atoms with Gasteiger partial charge in [-0.05, 0) is 25.0 Å². The van der Waals surface area contributed by atoms with Crippen molar-refractivity contribution in [2.75, 3.05) is 13.6 Å². The van der Waals surface area contributed by atoms with E-state index in [0.717, 1.165) is 18.4 Å². The Morgan fingerprint density at radius 3 is 2.62 bits per heavy atom. The first kappa shape index (κ1) is 15.5. The van der Waals surface area contributed by atoms with Gasteiger partial charge in [0.2, 0.25) is 0 Å². The molecule has 1 saturated carbocycles. The zero-order valence-electron chi connectivity index (χ0n) is 12.6. The van der Waals surface area contributed by atoms with Crippen molar-refractivity contribution >= 4 is 5.91 Å². The van der Waals surface area contributed by atoms with E-state index in [0.29, 0.717) is 18.3 Å². The Morgan fingerprint density at radius 2 is 2.05 bits per heavy atom. The highest BCUT2D eigenvalue weighted by atomic mass is 16.2. The van der Waals surface area contributed by atoms with Crippen LogP contribution in [0.4, 0.5) is 0 Å². The largest absolute Gasteiger partial charge is 0.337 e. The van der Waals surface area contributed by atoms with Gasteiger partial charge in [-0.15, -0.1) is 0 Å². The fourth-order valence-electron chi connectivity index (χ4n) is 2.74. The first-order chi connectivity index (χ1) is 10.2. The van der Waals surface area contributed by atoms with Crippen molar-refractivity contribution in [1.29, 1.82) is 0 Å².